The van der Waals surface area contributed by atoms with Crippen LogP contribution in [0.3, 0.4) is 0 Å². The minimum atomic E-state index is -0.294. The van der Waals surface area contributed by atoms with Gasteiger partial charge in [-0.3, -0.25) is 4.79 Å². The zero-order chi connectivity index (χ0) is 12.4. The number of amides is 1. The Morgan fingerprint density at radius 1 is 1.35 bits per heavy atom. The van der Waals surface area contributed by atoms with Gasteiger partial charge in [0.25, 0.3) is 0 Å². The number of hydrogen-bond acceptors (Lipinski definition) is 2. The lowest BCUT2D eigenvalue weighted by Gasteiger charge is -2.27. The van der Waals surface area contributed by atoms with Crippen molar-refractivity contribution in [3.63, 3.8) is 0 Å². The van der Waals surface area contributed by atoms with Gasteiger partial charge in [0, 0.05) is 0 Å². The van der Waals surface area contributed by atoms with Crippen LogP contribution >= 0.6 is 0 Å². The fourth-order valence-electron chi connectivity index (χ4n) is 1.99. The van der Waals surface area contributed by atoms with E-state index in [0.717, 1.165) is 24.9 Å². The van der Waals surface area contributed by atoms with E-state index in [2.05, 4.69) is 17.6 Å². The quantitative estimate of drug-likeness (QED) is 0.846. The Morgan fingerprint density at radius 3 is 2.82 bits per heavy atom. The van der Waals surface area contributed by atoms with E-state index in [9.17, 15) is 9.18 Å². The molecule has 0 aliphatic carbocycles. The molecule has 1 aromatic carbocycles. The summed E-state index contributed by atoms with van der Waals surface area (Å²) in [6.07, 6.45) is 2.86. The molecule has 1 unspecified atom stereocenters. The Kier molecular flexibility index (Phi) is 3.31. The molecule has 0 fully saturated rings. The Hall–Kier alpha value is -1.58. The van der Waals surface area contributed by atoms with Gasteiger partial charge in [0.1, 0.15) is 11.9 Å². The van der Waals surface area contributed by atoms with Gasteiger partial charge in [-0.05, 0) is 31.0 Å². The van der Waals surface area contributed by atoms with Gasteiger partial charge in [-0.15, -0.1) is 0 Å². The van der Waals surface area contributed by atoms with Gasteiger partial charge >= 0.3 is 0 Å². The summed E-state index contributed by atoms with van der Waals surface area (Å²) >= 11 is 0. The van der Waals surface area contributed by atoms with Crippen LogP contribution in [-0.2, 0) is 4.79 Å². The topological polar surface area (TPSA) is 41.1 Å². The normalized spacial score (nSPS) is 18.3. The van der Waals surface area contributed by atoms with Crippen LogP contribution in [0, 0.1) is 12.7 Å². The minimum absolute atomic E-state index is 0.0748. The van der Waals surface area contributed by atoms with Gasteiger partial charge in [0.05, 0.1) is 11.4 Å². The Balaban J connectivity index is 2.22. The molecule has 3 nitrogen and oxygen atoms in total. The number of anilines is 2. The van der Waals surface area contributed by atoms with E-state index in [1.54, 1.807) is 13.0 Å². The molecule has 0 saturated carbocycles. The third-order valence-electron chi connectivity index (χ3n) is 3.05. The predicted molar refractivity (Wildman–Crippen MR) is 66.7 cm³/mol. The van der Waals surface area contributed by atoms with Crippen molar-refractivity contribution in [1.29, 1.82) is 0 Å². The molecule has 1 aromatic rings. The molecule has 0 aromatic heterocycles. The van der Waals surface area contributed by atoms with Gasteiger partial charge in [-0.25, -0.2) is 4.39 Å². The van der Waals surface area contributed by atoms with Crippen LogP contribution in [0.2, 0.25) is 0 Å². The molecule has 1 aliphatic heterocycles. The monoisotopic (exact) mass is 236 g/mol. The molecule has 2 N–H and O–H groups in total. The Labute approximate surface area is 100 Å². The third-order valence-corrected chi connectivity index (χ3v) is 3.05. The van der Waals surface area contributed by atoms with Crippen molar-refractivity contribution in [2.45, 2.75) is 39.2 Å². The number of carbonyl (C=O) groups is 1. The smallest absolute Gasteiger partial charge is 0.246 e. The maximum Gasteiger partial charge on any atom is 0.246 e. The lowest BCUT2D eigenvalue weighted by Crippen LogP contribution is -2.38. The first-order chi connectivity index (χ1) is 8.11. The highest BCUT2D eigenvalue weighted by Crippen LogP contribution is 2.30. The summed E-state index contributed by atoms with van der Waals surface area (Å²) in [6.45, 7) is 3.81. The number of benzene rings is 1. The summed E-state index contributed by atoms with van der Waals surface area (Å²) in [5.41, 5.74) is 1.93. The van der Waals surface area contributed by atoms with Gasteiger partial charge < -0.3 is 10.6 Å². The van der Waals surface area contributed by atoms with Crippen LogP contribution in [-0.4, -0.2) is 11.9 Å². The number of fused-ring (bicyclic) bond motifs is 1. The molecule has 4 heteroatoms. The lowest BCUT2D eigenvalue weighted by atomic mass is 10.0. The van der Waals surface area contributed by atoms with E-state index in [-0.39, 0.29) is 17.8 Å². The Morgan fingerprint density at radius 2 is 2.12 bits per heavy atom. The highest BCUT2D eigenvalue weighted by molar-refractivity contribution is 6.03. The number of aryl methyl sites for hydroxylation is 1. The first kappa shape index (κ1) is 11.9. The van der Waals surface area contributed by atoms with Gasteiger partial charge in [0.15, 0.2) is 0 Å². The van der Waals surface area contributed by atoms with Crippen molar-refractivity contribution >= 4 is 17.3 Å². The number of unbranched alkanes of at least 4 members (excludes halogenated alkanes) is 1. The van der Waals surface area contributed by atoms with Crippen LogP contribution in [0.5, 0.6) is 0 Å². The molecule has 0 bridgehead atoms. The predicted octanol–water partition coefficient (Wildman–Crippen LogP) is 3.06. The van der Waals surface area contributed by atoms with Crippen LogP contribution in [0.25, 0.3) is 0 Å². The van der Waals surface area contributed by atoms with Gasteiger partial charge in [-0.1, -0.05) is 19.8 Å². The molecular weight excluding hydrogens is 219 g/mol. The summed E-state index contributed by atoms with van der Waals surface area (Å²) in [5.74, 6) is -0.368. The third kappa shape index (κ3) is 2.40. The van der Waals surface area contributed by atoms with E-state index in [1.807, 2.05) is 0 Å². The summed E-state index contributed by atoms with van der Waals surface area (Å²) in [6, 6.07) is 2.90. The maximum atomic E-state index is 13.4. The summed E-state index contributed by atoms with van der Waals surface area (Å²) < 4.78 is 13.4. The molecule has 92 valence electrons. The van der Waals surface area contributed by atoms with Crippen molar-refractivity contribution < 1.29 is 9.18 Å². The summed E-state index contributed by atoms with van der Waals surface area (Å²) in [5, 5.41) is 5.92. The summed E-state index contributed by atoms with van der Waals surface area (Å²) in [7, 11) is 0. The van der Waals surface area contributed by atoms with Gasteiger partial charge in [-0.2, -0.15) is 0 Å². The molecular formula is C13H17FN2O. The molecule has 1 aliphatic rings. The highest BCUT2D eigenvalue weighted by Gasteiger charge is 2.25. The molecule has 1 heterocycles. The molecule has 1 atom stereocenters. The highest BCUT2D eigenvalue weighted by atomic mass is 19.1. The van der Waals surface area contributed by atoms with E-state index in [0.29, 0.717) is 11.3 Å². The van der Waals surface area contributed by atoms with Gasteiger partial charge in [0.2, 0.25) is 5.91 Å². The molecule has 17 heavy (non-hydrogen) atoms. The van der Waals surface area contributed by atoms with Crippen molar-refractivity contribution in [3.05, 3.63) is 23.5 Å². The average molecular weight is 236 g/mol. The van der Waals surface area contributed by atoms with Crippen LogP contribution in [0.4, 0.5) is 15.8 Å². The number of halogens is 1. The zero-order valence-electron chi connectivity index (χ0n) is 10.1. The Bertz CT molecular complexity index is 445. The lowest BCUT2D eigenvalue weighted by molar-refractivity contribution is -0.117. The van der Waals surface area contributed by atoms with E-state index >= 15 is 0 Å². The number of rotatable bonds is 3. The summed E-state index contributed by atoms with van der Waals surface area (Å²) in [4.78, 5) is 11.8. The van der Waals surface area contributed by atoms with E-state index in [1.165, 1.54) is 6.07 Å². The van der Waals surface area contributed by atoms with Crippen LogP contribution < -0.4 is 10.6 Å². The molecule has 0 saturated heterocycles. The second-order valence-corrected chi connectivity index (χ2v) is 4.48. The second-order valence-electron chi connectivity index (χ2n) is 4.48. The largest absolute Gasteiger partial charge is 0.372 e. The van der Waals surface area contributed by atoms with Crippen LogP contribution in [0.1, 0.15) is 31.7 Å². The molecule has 0 spiro atoms. The average Bonchev–Trinajstić information content (AvgIpc) is 2.29. The fraction of sp³-hybridized carbons (Fsp3) is 0.462. The number of nitrogens with one attached hydrogen (secondary N) is 2. The number of carbonyl (C=O) groups excluding carboxylic acids is 1. The van der Waals surface area contributed by atoms with Crippen molar-refractivity contribution in [3.8, 4) is 0 Å². The van der Waals surface area contributed by atoms with Crippen LogP contribution in [0.15, 0.2) is 12.1 Å². The molecule has 1 amide bonds. The first-order valence-electron chi connectivity index (χ1n) is 5.99. The second kappa shape index (κ2) is 4.73. The van der Waals surface area contributed by atoms with E-state index < -0.39 is 0 Å². The molecule has 2 rings (SSSR count). The zero-order valence-corrected chi connectivity index (χ0v) is 10.1. The SMILES string of the molecule is CCCCC1Nc2cc(C)c(F)cc2NC1=O. The van der Waals surface area contributed by atoms with Crippen molar-refractivity contribution in [2.24, 2.45) is 0 Å². The van der Waals surface area contributed by atoms with Crippen molar-refractivity contribution in [1.82, 2.24) is 0 Å². The first-order valence-corrected chi connectivity index (χ1v) is 5.99. The maximum absolute atomic E-state index is 13.4. The van der Waals surface area contributed by atoms with Crippen molar-refractivity contribution in [2.75, 3.05) is 10.6 Å². The molecule has 0 radical (unpaired) electrons. The number of hydrogen-bond donors (Lipinski definition) is 2. The minimum Gasteiger partial charge on any atom is -0.372 e. The standard InChI is InChI=1S/C13H17FN2O/c1-3-4-5-10-13(17)16-12-7-9(14)8(2)6-11(12)15-10/h6-7,10,15H,3-5H2,1-2H3,(H,16,17). The van der Waals surface area contributed by atoms with E-state index in [4.69, 9.17) is 0 Å². The fourth-order valence-corrected chi connectivity index (χ4v) is 1.99.